The first-order valence-corrected chi connectivity index (χ1v) is 12.8. The number of ether oxygens (including phenoxy) is 1. The largest absolute Gasteiger partial charge is 0.471 e. The molecule has 0 radical (unpaired) electrons. The average molecular weight is 549 g/mol. The number of amides is 1. The number of nitrogens with zero attached hydrogens (tertiary/aromatic N) is 6. The van der Waals surface area contributed by atoms with Gasteiger partial charge in [0.15, 0.2) is 12.4 Å². The molecule has 1 aliphatic heterocycles. The van der Waals surface area contributed by atoms with Gasteiger partial charge in [0, 0.05) is 54.7 Å². The summed E-state index contributed by atoms with van der Waals surface area (Å²) in [4.78, 5) is 17.3. The van der Waals surface area contributed by atoms with E-state index in [-0.39, 0.29) is 12.6 Å². The van der Waals surface area contributed by atoms with Crippen LogP contribution in [0.25, 0.3) is 5.69 Å². The first kappa shape index (κ1) is 24.3. The SMILES string of the molecule is Cc1nn(-c2ccccc2)c(C)c1CN1CCN(C(=O)c2ccn(COc3ccc(Br)cc3)n2)CC1. The molecule has 2 aromatic carbocycles. The molecule has 1 amide bonds. The molecule has 0 bridgehead atoms. The summed E-state index contributed by atoms with van der Waals surface area (Å²) in [5.74, 6) is 0.707. The van der Waals surface area contributed by atoms with E-state index in [1.54, 1.807) is 16.9 Å². The third-order valence-corrected chi connectivity index (χ3v) is 7.05. The molecule has 0 N–H and O–H groups in total. The van der Waals surface area contributed by atoms with Crippen LogP contribution in [0.1, 0.15) is 27.4 Å². The van der Waals surface area contributed by atoms with Gasteiger partial charge in [0.05, 0.1) is 11.4 Å². The molecule has 1 aliphatic rings. The Labute approximate surface area is 219 Å². The summed E-state index contributed by atoms with van der Waals surface area (Å²) in [5.41, 5.74) is 4.97. The van der Waals surface area contributed by atoms with Crippen LogP contribution in [-0.4, -0.2) is 61.4 Å². The van der Waals surface area contributed by atoms with Gasteiger partial charge in [0.1, 0.15) is 5.75 Å². The lowest BCUT2D eigenvalue weighted by Crippen LogP contribution is -2.48. The Kier molecular flexibility index (Phi) is 7.20. The normalized spacial score (nSPS) is 14.2. The summed E-state index contributed by atoms with van der Waals surface area (Å²) >= 11 is 3.41. The van der Waals surface area contributed by atoms with E-state index < -0.39 is 0 Å². The summed E-state index contributed by atoms with van der Waals surface area (Å²) in [6.07, 6.45) is 1.78. The maximum Gasteiger partial charge on any atom is 0.274 e. The number of rotatable bonds is 7. The van der Waals surface area contributed by atoms with Crippen molar-refractivity contribution < 1.29 is 9.53 Å². The monoisotopic (exact) mass is 548 g/mol. The number of para-hydroxylation sites is 1. The Morgan fingerprint density at radius 2 is 1.67 bits per heavy atom. The number of hydrogen-bond donors (Lipinski definition) is 0. The van der Waals surface area contributed by atoms with Crippen LogP contribution in [0.5, 0.6) is 5.75 Å². The van der Waals surface area contributed by atoms with Crippen molar-refractivity contribution >= 4 is 21.8 Å². The zero-order valence-electron chi connectivity index (χ0n) is 20.5. The minimum Gasteiger partial charge on any atom is -0.471 e. The molecule has 9 heteroatoms. The molecular weight excluding hydrogens is 520 g/mol. The Hall–Kier alpha value is -3.43. The van der Waals surface area contributed by atoms with Crippen molar-refractivity contribution in [1.29, 1.82) is 0 Å². The molecule has 0 atom stereocenters. The lowest BCUT2D eigenvalue weighted by Gasteiger charge is -2.34. The summed E-state index contributed by atoms with van der Waals surface area (Å²) < 4.78 is 10.4. The van der Waals surface area contributed by atoms with Gasteiger partial charge in [-0.3, -0.25) is 9.69 Å². The molecule has 8 nitrogen and oxygen atoms in total. The van der Waals surface area contributed by atoms with Gasteiger partial charge < -0.3 is 9.64 Å². The van der Waals surface area contributed by atoms with E-state index >= 15 is 0 Å². The summed E-state index contributed by atoms with van der Waals surface area (Å²) in [5, 5.41) is 9.20. The summed E-state index contributed by atoms with van der Waals surface area (Å²) in [6, 6.07) is 19.6. The number of benzene rings is 2. The number of hydrogen-bond acceptors (Lipinski definition) is 5. The summed E-state index contributed by atoms with van der Waals surface area (Å²) in [6.45, 7) is 8.24. The second kappa shape index (κ2) is 10.7. The van der Waals surface area contributed by atoms with Crippen molar-refractivity contribution in [3.05, 3.63) is 94.0 Å². The number of piperazine rings is 1. The predicted molar refractivity (Wildman–Crippen MR) is 141 cm³/mol. The summed E-state index contributed by atoms with van der Waals surface area (Å²) in [7, 11) is 0. The zero-order valence-corrected chi connectivity index (χ0v) is 22.1. The van der Waals surface area contributed by atoms with Crippen molar-refractivity contribution in [1.82, 2.24) is 29.4 Å². The molecule has 0 spiro atoms. The van der Waals surface area contributed by atoms with Crippen molar-refractivity contribution in [2.24, 2.45) is 0 Å². The Morgan fingerprint density at radius 1 is 0.944 bits per heavy atom. The molecular formula is C27H29BrN6O2. The number of carbonyl (C=O) groups is 1. The molecule has 4 aromatic rings. The van der Waals surface area contributed by atoms with E-state index in [0.29, 0.717) is 18.8 Å². The van der Waals surface area contributed by atoms with Crippen LogP contribution in [-0.2, 0) is 13.3 Å². The molecule has 0 saturated carbocycles. The van der Waals surface area contributed by atoms with Crippen molar-refractivity contribution in [3.63, 3.8) is 0 Å². The molecule has 2 aromatic heterocycles. The molecule has 5 rings (SSSR count). The molecule has 186 valence electrons. The molecule has 1 saturated heterocycles. The highest BCUT2D eigenvalue weighted by atomic mass is 79.9. The third kappa shape index (κ3) is 5.37. The smallest absolute Gasteiger partial charge is 0.274 e. The van der Waals surface area contributed by atoms with E-state index in [2.05, 4.69) is 51.9 Å². The maximum absolute atomic E-state index is 13.0. The van der Waals surface area contributed by atoms with Gasteiger partial charge in [0.25, 0.3) is 5.91 Å². The first-order valence-electron chi connectivity index (χ1n) is 12.0. The van der Waals surface area contributed by atoms with E-state index in [0.717, 1.165) is 46.9 Å². The predicted octanol–water partition coefficient (Wildman–Crippen LogP) is 4.44. The first-order chi connectivity index (χ1) is 17.5. The molecule has 0 aliphatic carbocycles. The van der Waals surface area contributed by atoms with Crippen molar-refractivity contribution in [2.75, 3.05) is 26.2 Å². The van der Waals surface area contributed by atoms with E-state index in [4.69, 9.17) is 9.84 Å². The van der Waals surface area contributed by atoms with Gasteiger partial charge in [-0.25, -0.2) is 9.36 Å². The Balaban J connectivity index is 1.15. The van der Waals surface area contributed by atoms with Crippen LogP contribution in [0.15, 0.2) is 71.3 Å². The highest BCUT2D eigenvalue weighted by Crippen LogP contribution is 2.21. The van der Waals surface area contributed by atoms with Crippen LogP contribution in [0, 0.1) is 13.8 Å². The van der Waals surface area contributed by atoms with Crippen LogP contribution in [0.4, 0.5) is 0 Å². The van der Waals surface area contributed by atoms with Gasteiger partial charge in [0.2, 0.25) is 0 Å². The minimum atomic E-state index is -0.0405. The van der Waals surface area contributed by atoms with E-state index in [1.807, 2.05) is 52.0 Å². The van der Waals surface area contributed by atoms with Gasteiger partial charge in [-0.05, 0) is 56.3 Å². The van der Waals surface area contributed by atoms with E-state index in [9.17, 15) is 4.79 Å². The number of aryl methyl sites for hydroxylation is 1. The Bertz CT molecular complexity index is 1320. The average Bonchev–Trinajstić information content (AvgIpc) is 3.49. The van der Waals surface area contributed by atoms with Gasteiger partial charge in [-0.2, -0.15) is 10.2 Å². The number of carbonyl (C=O) groups excluding carboxylic acids is 1. The molecule has 0 unspecified atom stereocenters. The van der Waals surface area contributed by atoms with Crippen LogP contribution >= 0.6 is 15.9 Å². The number of halogens is 1. The van der Waals surface area contributed by atoms with Crippen molar-refractivity contribution in [3.8, 4) is 11.4 Å². The highest BCUT2D eigenvalue weighted by molar-refractivity contribution is 9.10. The van der Waals surface area contributed by atoms with Crippen LogP contribution in [0.2, 0.25) is 0 Å². The minimum absolute atomic E-state index is 0.0405. The highest BCUT2D eigenvalue weighted by Gasteiger charge is 2.25. The van der Waals surface area contributed by atoms with Gasteiger partial charge in [-0.1, -0.05) is 34.1 Å². The fraction of sp³-hybridized carbons (Fsp3) is 0.296. The molecule has 36 heavy (non-hydrogen) atoms. The standard InChI is InChI=1S/C27H29BrN6O2/c1-20-25(21(2)34(29-20)23-6-4-3-5-7-23)18-31-14-16-32(17-15-31)27(35)26-12-13-33(30-26)19-36-24-10-8-22(28)9-11-24/h3-13H,14-19H2,1-2H3. The van der Waals surface area contributed by atoms with Crippen LogP contribution < -0.4 is 4.74 Å². The lowest BCUT2D eigenvalue weighted by molar-refractivity contribution is 0.0620. The number of aromatic nitrogens is 4. The fourth-order valence-corrected chi connectivity index (χ4v) is 4.70. The van der Waals surface area contributed by atoms with Gasteiger partial charge >= 0.3 is 0 Å². The second-order valence-electron chi connectivity index (χ2n) is 8.93. The van der Waals surface area contributed by atoms with Crippen molar-refractivity contribution in [2.45, 2.75) is 27.1 Å². The quantitative estimate of drug-likeness (QED) is 0.341. The second-order valence-corrected chi connectivity index (χ2v) is 9.85. The maximum atomic E-state index is 13.0. The fourth-order valence-electron chi connectivity index (χ4n) is 4.44. The Morgan fingerprint density at radius 3 is 2.39 bits per heavy atom. The van der Waals surface area contributed by atoms with Gasteiger partial charge in [-0.15, -0.1) is 0 Å². The van der Waals surface area contributed by atoms with Crippen LogP contribution in [0.3, 0.4) is 0 Å². The topological polar surface area (TPSA) is 68.4 Å². The van der Waals surface area contributed by atoms with E-state index in [1.165, 1.54) is 5.56 Å². The molecule has 1 fully saturated rings. The third-order valence-electron chi connectivity index (χ3n) is 6.52. The molecule has 3 heterocycles. The zero-order chi connectivity index (χ0) is 25.1. The lowest BCUT2D eigenvalue weighted by atomic mass is 10.1.